The first kappa shape index (κ1) is 22.3. The summed E-state index contributed by atoms with van der Waals surface area (Å²) in [6.45, 7) is 5.69. The third-order valence-electron chi connectivity index (χ3n) is 5.29. The van der Waals surface area contributed by atoms with Crippen molar-refractivity contribution in [2.75, 3.05) is 0 Å². The molecule has 1 atom stereocenters. The minimum absolute atomic E-state index is 0.354. The first-order chi connectivity index (χ1) is 15.8. The number of hydrogen-bond acceptors (Lipinski definition) is 3. The van der Waals surface area contributed by atoms with Crippen LogP contribution in [0.1, 0.15) is 42.8 Å². The molecule has 0 bridgehead atoms. The van der Waals surface area contributed by atoms with Gasteiger partial charge >= 0.3 is 5.97 Å². The number of rotatable bonds is 5. The third kappa shape index (κ3) is 5.29. The van der Waals surface area contributed by atoms with E-state index in [0.29, 0.717) is 11.1 Å². The lowest BCUT2D eigenvalue weighted by Crippen LogP contribution is -2.44. The lowest BCUT2D eigenvalue weighted by Gasteiger charge is -2.26. The Bertz CT molecular complexity index is 1270. The second-order valence-corrected chi connectivity index (χ2v) is 9.04. The van der Waals surface area contributed by atoms with Crippen LogP contribution < -0.4 is 5.32 Å². The van der Waals surface area contributed by atoms with E-state index in [0.717, 1.165) is 21.9 Å². The molecule has 0 aliphatic heterocycles. The summed E-state index contributed by atoms with van der Waals surface area (Å²) >= 11 is 0. The second-order valence-electron chi connectivity index (χ2n) is 9.04. The molecule has 1 unspecified atom stereocenters. The first-order valence-corrected chi connectivity index (χ1v) is 11.0. The Morgan fingerprint density at radius 1 is 0.727 bits per heavy atom. The molecule has 4 aromatic carbocycles. The molecule has 0 aromatic heterocycles. The molecular weight excluding hydrogens is 410 g/mol. The zero-order chi connectivity index (χ0) is 23.4. The predicted octanol–water partition coefficient (Wildman–Crippen LogP) is 6.32. The fourth-order valence-corrected chi connectivity index (χ4v) is 3.78. The maximum absolute atomic E-state index is 13.2. The zero-order valence-electron chi connectivity index (χ0n) is 19.0. The van der Waals surface area contributed by atoms with E-state index >= 15 is 0 Å². The Kier molecular flexibility index (Phi) is 6.27. The number of fused-ring (bicyclic) bond motifs is 1. The highest BCUT2D eigenvalue weighted by Gasteiger charge is 2.29. The second kappa shape index (κ2) is 9.29. The molecule has 1 amide bonds. The van der Waals surface area contributed by atoms with Crippen LogP contribution >= 0.6 is 0 Å². The van der Waals surface area contributed by atoms with Crippen molar-refractivity contribution in [3.63, 3.8) is 0 Å². The molecule has 4 heteroatoms. The maximum Gasteiger partial charge on any atom is 0.339 e. The highest BCUT2D eigenvalue weighted by molar-refractivity contribution is 5.96. The quantitative estimate of drug-likeness (QED) is 0.372. The van der Waals surface area contributed by atoms with Crippen LogP contribution in [-0.2, 0) is 9.53 Å². The van der Waals surface area contributed by atoms with Crippen molar-refractivity contribution in [2.45, 2.75) is 32.4 Å². The summed E-state index contributed by atoms with van der Waals surface area (Å²) in [6, 6.07) is 30.6. The Morgan fingerprint density at radius 2 is 1.33 bits per heavy atom. The normalized spacial score (nSPS) is 12.2. The van der Waals surface area contributed by atoms with Gasteiger partial charge in [0.25, 0.3) is 5.91 Å². The van der Waals surface area contributed by atoms with Crippen LogP contribution in [0, 0.1) is 0 Å². The van der Waals surface area contributed by atoms with E-state index in [2.05, 4.69) is 5.32 Å². The fourth-order valence-electron chi connectivity index (χ4n) is 3.78. The molecule has 0 saturated heterocycles. The highest BCUT2D eigenvalue weighted by atomic mass is 16.5. The van der Waals surface area contributed by atoms with E-state index in [1.807, 2.05) is 106 Å². The number of hydrogen-bond donors (Lipinski definition) is 1. The van der Waals surface area contributed by atoms with Crippen LogP contribution in [0.25, 0.3) is 21.9 Å². The minimum atomic E-state index is -1.07. The largest absolute Gasteiger partial charge is 0.444 e. The molecule has 0 heterocycles. The summed E-state index contributed by atoms with van der Waals surface area (Å²) < 4.78 is 5.83. The van der Waals surface area contributed by atoms with Crippen LogP contribution in [0.3, 0.4) is 0 Å². The van der Waals surface area contributed by atoms with Crippen molar-refractivity contribution in [2.24, 2.45) is 0 Å². The Labute approximate surface area is 194 Å². The maximum atomic E-state index is 13.2. The van der Waals surface area contributed by atoms with Crippen LogP contribution in [0.2, 0.25) is 0 Å². The van der Waals surface area contributed by atoms with Crippen LogP contribution in [-0.4, -0.2) is 17.4 Å². The molecule has 0 fully saturated rings. The molecule has 33 heavy (non-hydrogen) atoms. The minimum Gasteiger partial charge on any atom is -0.444 e. The van der Waals surface area contributed by atoms with Crippen molar-refractivity contribution >= 4 is 22.6 Å². The molecule has 4 nitrogen and oxygen atoms in total. The Balaban J connectivity index is 1.65. The monoisotopic (exact) mass is 437 g/mol. The molecule has 0 aliphatic carbocycles. The standard InChI is InChI=1S/C29H27NO3/c1-29(2,3)30-27(31)26(25-15-9-13-22-12-7-8-14-24(22)25)33-28(32)23-18-16-21(17-19-23)20-10-5-4-6-11-20/h4-19,26H,1-3H3,(H,30,31). The summed E-state index contributed by atoms with van der Waals surface area (Å²) in [4.78, 5) is 26.3. The van der Waals surface area contributed by atoms with Gasteiger partial charge < -0.3 is 10.1 Å². The lowest BCUT2D eigenvalue weighted by molar-refractivity contribution is -0.131. The van der Waals surface area contributed by atoms with Crippen LogP contribution in [0.15, 0.2) is 97.1 Å². The number of nitrogens with one attached hydrogen (secondary N) is 1. The average molecular weight is 438 g/mol. The number of esters is 1. The van der Waals surface area contributed by atoms with Crippen molar-refractivity contribution in [1.29, 1.82) is 0 Å². The topological polar surface area (TPSA) is 55.4 Å². The fraction of sp³-hybridized carbons (Fsp3) is 0.172. The summed E-state index contributed by atoms with van der Waals surface area (Å²) in [5, 5.41) is 4.81. The van der Waals surface area contributed by atoms with Gasteiger partial charge in [-0.25, -0.2) is 4.79 Å². The summed E-state index contributed by atoms with van der Waals surface area (Å²) in [7, 11) is 0. The van der Waals surface area contributed by atoms with Crippen molar-refractivity contribution in [3.05, 3.63) is 108 Å². The van der Waals surface area contributed by atoms with E-state index in [1.54, 1.807) is 12.1 Å². The van der Waals surface area contributed by atoms with Gasteiger partial charge in [-0.3, -0.25) is 4.79 Å². The third-order valence-corrected chi connectivity index (χ3v) is 5.29. The van der Waals surface area contributed by atoms with Gasteiger partial charge in [-0.05, 0) is 54.8 Å². The highest BCUT2D eigenvalue weighted by Crippen LogP contribution is 2.29. The van der Waals surface area contributed by atoms with E-state index in [4.69, 9.17) is 4.74 Å². The molecule has 4 rings (SSSR count). The number of carbonyl (C=O) groups excluding carboxylic acids is 2. The first-order valence-electron chi connectivity index (χ1n) is 11.0. The van der Waals surface area contributed by atoms with Gasteiger partial charge in [-0.2, -0.15) is 0 Å². The molecule has 0 radical (unpaired) electrons. The van der Waals surface area contributed by atoms with Gasteiger partial charge in [-0.1, -0.05) is 84.9 Å². The molecule has 0 saturated carbocycles. The van der Waals surface area contributed by atoms with E-state index in [-0.39, 0.29) is 5.91 Å². The molecule has 4 aromatic rings. The Hall–Kier alpha value is -3.92. The van der Waals surface area contributed by atoms with Gasteiger partial charge in [0.2, 0.25) is 6.10 Å². The Morgan fingerprint density at radius 3 is 2.03 bits per heavy atom. The summed E-state index contributed by atoms with van der Waals surface area (Å²) in [6.07, 6.45) is -1.07. The van der Waals surface area contributed by atoms with Crippen LogP contribution in [0.5, 0.6) is 0 Å². The lowest BCUT2D eigenvalue weighted by atomic mass is 9.98. The van der Waals surface area contributed by atoms with E-state index in [9.17, 15) is 9.59 Å². The average Bonchev–Trinajstić information content (AvgIpc) is 2.81. The number of amides is 1. The number of carbonyl (C=O) groups is 2. The van der Waals surface area contributed by atoms with E-state index in [1.165, 1.54) is 0 Å². The molecular formula is C29H27NO3. The number of benzene rings is 4. The smallest absolute Gasteiger partial charge is 0.339 e. The molecule has 0 spiro atoms. The van der Waals surface area contributed by atoms with Gasteiger partial charge in [0.1, 0.15) is 0 Å². The number of ether oxygens (including phenoxy) is 1. The summed E-state index contributed by atoms with van der Waals surface area (Å²) in [5.41, 5.74) is 2.65. The van der Waals surface area contributed by atoms with E-state index < -0.39 is 17.6 Å². The molecule has 1 N–H and O–H groups in total. The van der Waals surface area contributed by atoms with Crippen molar-refractivity contribution in [3.8, 4) is 11.1 Å². The molecule has 0 aliphatic rings. The van der Waals surface area contributed by atoms with Gasteiger partial charge in [0.15, 0.2) is 0 Å². The zero-order valence-corrected chi connectivity index (χ0v) is 19.0. The van der Waals surface area contributed by atoms with Gasteiger partial charge in [-0.15, -0.1) is 0 Å². The summed E-state index contributed by atoms with van der Waals surface area (Å²) in [5.74, 6) is -0.898. The predicted molar refractivity (Wildman–Crippen MR) is 132 cm³/mol. The SMILES string of the molecule is CC(C)(C)NC(=O)C(OC(=O)c1ccc(-c2ccccc2)cc1)c1cccc2ccccc12. The molecule has 166 valence electrons. The van der Waals surface area contributed by atoms with Gasteiger partial charge in [0.05, 0.1) is 5.56 Å². The van der Waals surface area contributed by atoms with Crippen LogP contribution in [0.4, 0.5) is 0 Å². The van der Waals surface area contributed by atoms with Crippen molar-refractivity contribution < 1.29 is 14.3 Å². The van der Waals surface area contributed by atoms with Gasteiger partial charge in [0, 0.05) is 11.1 Å². The van der Waals surface area contributed by atoms with Crippen molar-refractivity contribution in [1.82, 2.24) is 5.32 Å².